The van der Waals surface area contributed by atoms with Crippen LogP contribution in [0.3, 0.4) is 0 Å². The summed E-state index contributed by atoms with van der Waals surface area (Å²) < 4.78 is 15.4. The number of thiophene rings is 1. The summed E-state index contributed by atoms with van der Waals surface area (Å²) in [4.78, 5) is 13.1. The summed E-state index contributed by atoms with van der Waals surface area (Å²) in [7, 11) is 0.433. The molecular weight excluding hydrogens is 442 g/mol. The molecule has 0 aliphatic heterocycles. The van der Waals surface area contributed by atoms with Crippen LogP contribution < -0.4 is 14.9 Å². The highest BCUT2D eigenvalue weighted by atomic mass is 32.2. The van der Waals surface area contributed by atoms with E-state index >= 15 is 0 Å². The monoisotopic (exact) mass is 467 g/mol. The van der Waals surface area contributed by atoms with Gasteiger partial charge in [-0.3, -0.25) is 9.40 Å². The van der Waals surface area contributed by atoms with Crippen LogP contribution in [-0.2, 0) is 11.0 Å². The highest BCUT2D eigenvalue weighted by Crippen LogP contribution is 2.31. The number of nitrogens with one attached hydrogen (secondary N) is 3. The largest absolute Gasteiger partial charge is 0.323 e. The van der Waals surface area contributed by atoms with E-state index in [9.17, 15) is 9.00 Å². The fraction of sp³-hybridized carbons (Fsp3) is 0.130. The van der Waals surface area contributed by atoms with E-state index in [1.165, 1.54) is 11.3 Å². The molecule has 166 valence electrons. The summed E-state index contributed by atoms with van der Waals surface area (Å²) in [5, 5.41) is 12.3. The molecule has 4 aromatic rings. The number of nitrogens with zero attached hydrogens (tertiary/aromatic N) is 2. The van der Waals surface area contributed by atoms with E-state index in [4.69, 9.17) is 0 Å². The molecule has 3 N–H and O–H groups in total. The molecule has 2 aromatic heterocycles. The minimum Gasteiger partial charge on any atom is -0.308 e. The number of hydrogen-bond acceptors (Lipinski definition) is 4. The van der Waals surface area contributed by atoms with Crippen LogP contribution in [0.25, 0.3) is 10.4 Å². The maximum atomic E-state index is 12.9. The number of para-hydroxylation sites is 1. The van der Waals surface area contributed by atoms with E-state index in [1.807, 2.05) is 74.6 Å². The van der Waals surface area contributed by atoms with Gasteiger partial charge in [-0.1, -0.05) is 32.0 Å². The van der Waals surface area contributed by atoms with Crippen molar-refractivity contribution in [3.63, 3.8) is 0 Å². The highest BCUT2D eigenvalue weighted by molar-refractivity contribution is 7.88. The van der Waals surface area contributed by atoms with Crippen molar-refractivity contribution in [1.29, 1.82) is 0 Å². The average molecular weight is 468 g/mol. The van der Waals surface area contributed by atoms with Crippen molar-refractivity contribution >= 4 is 45.4 Å². The van der Waals surface area contributed by atoms with Gasteiger partial charge in [-0.15, -0.1) is 11.3 Å². The van der Waals surface area contributed by atoms with Crippen molar-refractivity contribution in [2.45, 2.75) is 18.1 Å². The van der Waals surface area contributed by atoms with Gasteiger partial charge in [-0.05, 0) is 48.5 Å². The molecule has 2 aromatic carbocycles. The summed E-state index contributed by atoms with van der Waals surface area (Å²) >= 11 is 1.47. The first kappa shape index (κ1) is 23.2. The Kier molecular flexibility index (Phi) is 8.18. The predicted molar refractivity (Wildman–Crippen MR) is 134 cm³/mol. The number of rotatable bonds is 6. The van der Waals surface area contributed by atoms with Gasteiger partial charge in [0.25, 0.3) is 0 Å². The first-order valence-electron chi connectivity index (χ1n) is 10.1. The van der Waals surface area contributed by atoms with Crippen LogP contribution in [0, 0.1) is 0 Å². The molecule has 0 saturated heterocycles. The number of urea groups is 1. The molecule has 1 unspecified atom stereocenters. The second kappa shape index (κ2) is 11.3. The zero-order chi connectivity index (χ0) is 22.9. The Morgan fingerprint density at radius 1 is 0.969 bits per heavy atom. The third kappa shape index (κ3) is 5.83. The van der Waals surface area contributed by atoms with Gasteiger partial charge in [0.05, 0.1) is 6.20 Å². The van der Waals surface area contributed by atoms with Crippen LogP contribution in [0.15, 0.2) is 83.3 Å². The third-order valence-corrected chi connectivity index (χ3v) is 7.10. The van der Waals surface area contributed by atoms with Gasteiger partial charge in [0, 0.05) is 40.7 Å². The molecular formula is C23H25N5O2S2. The number of amides is 2. The molecule has 0 spiro atoms. The summed E-state index contributed by atoms with van der Waals surface area (Å²) in [6.07, 6.45) is 3.55. The first-order chi connectivity index (χ1) is 15.6. The number of anilines is 3. The van der Waals surface area contributed by atoms with Crippen molar-refractivity contribution in [1.82, 2.24) is 10.2 Å². The lowest BCUT2D eigenvalue weighted by Crippen LogP contribution is -2.20. The van der Waals surface area contributed by atoms with Gasteiger partial charge in [-0.25, -0.2) is 9.00 Å². The fourth-order valence-corrected chi connectivity index (χ4v) is 5.13. The van der Waals surface area contributed by atoms with Gasteiger partial charge >= 0.3 is 6.03 Å². The quantitative estimate of drug-likeness (QED) is 0.326. The second-order valence-electron chi connectivity index (χ2n) is 6.34. The fourth-order valence-electron chi connectivity index (χ4n) is 2.76. The molecule has 0 aliphatic carbocycles. The van der Waals surface area contributed by atoms with Gasteiger partial charge < -0.3 is 10.6 Å². The van der Waals surface area contributed by atoms with Crippen molar-refractivity contribution in [2.75, 3.05) is 22.0 Å². The third-order valence-electron chi connectivity index (χ3n) is 4.31. The lowest BCUT2D eigenvalue weighted by molar-refractivity contribution is 0.262. The minimum atomic E-state index is -1.34. The highest BCUT2D eigenvalue weighted by Gasteiger charge is 2.15. The van der Waals surface area contributed by atoms with Gasteiger partial charge in [0.2, 0.25) is 0 Å². The lowest BCUT2D eigenvalue weighted by atomic mass is 10.3. The van der Waals surface area contributed by atoms with Crippen LogP contribution in [0.5, 0.6) is 0 Å². The first-order valence-corrected chi connectivity index (χ1v) is 12.0. The Morgan fingerprint density at radius 2 is 1.62 bits per heavy atom. The molecule has 0 fully saturated rings. The Hall–Kier alpha value is -3.43. The van der Waals surface area contributed by atoms with Crippen molar-refractivity contribution in [3.8, 4) is 10.4 Å². The lowest BCUT2D eigenvalue weighted by Gasteiger charge is -2.17. The van der Waals surface area contributed by atoms with Crippen LogP contribution in [0.2, 0.25) is 0 Å². The maximum Gasteiger partial charge on any atom is 0.323 e. The average Bonchev–Trinajstić information content (AvgIpc) is 3.53. The molecule has 1 atom stereocenters. The van der Waals surface area contributed by atoms with Crippen LogP contribution in [0.1, 0.15) is 13.8 Å². The van der Waals surface area contributed by atoms with E-state index in [0.29, 0.717) is 11.4 Å². The summed E-state index contributed by atoms with van der Waals surface area (Å²) in [5.41, 5.74) is 3.10. The van der Waals surface area contributed by atoms with E-state index < -0.39 is 11.0 Å². The molecule has 32 heavy (non-hydrogen) atoms. The number of aromatic nitrogens is 2. The number of benzene rings is 2. The molecule has 0 radical (unpaired) electrons. The van der Waals surface area contributed by atoms with Crippen molar-refractivity contribution in [3.05, 3.63) is 79.1 Å². The molecule has 0 aliphatic rings. The SMILES string of the molecule is CC.CN(c1ccc(NC(=O)Nc2ccccc2)cc1)S(=O)c1ccc(-c2cn[nH]c2)s1. The zero-order valence-corrected chi connectivity index (χ0v) is 19.7. The topological polar surface area (TPSA) is 90.1 Å². The van der Waals surface area contributed by atoms with E-state index in [-0.39, 0.29) is 6.03 Å². The number of aromatic amines is 1. The predicted octanol–water partition coefficient (Wildman–Crippen LogP) is 5.97. The van der Waals surface area contributed by atoms with Crippen molar-refractivity contribution in [2.24, 2.45) is 0 Å². The van der Waals surface area contributed by atoms with Crippen LogP contribution in [-0.4, -0.2) is 27.5 Å². The smallest absolute Gasteiger partial charge is 0.308 e. The summed E-state index contributed by atoms with van der Waals surface area (Å²) in [5.74, 6) is 0. The van der Waals surface area contributed by atoms with Gasteiger partial charge in [0.15, 0.2) is 11.0 Å². The second-order valence-corrected chi connectivity index (χ2v) is 9.17. The van der Waals surface area contributed by atoms with Crippen molar-refractivity contribution < 1.29 is 9.00 Å². The van der Waals surface area contributed by atoms with E-state index in [2.05, 4.69) is 20.8 Å². The molecule has 0 saturated carbocycles. The minimum absolute atomic E-state index is 0.323. The molecule has 9 heteroatoms. The Labute approximate surface area is 194 Å². The van der Waals surface area contributed by atoms with Crippen LogP contribution in [0.4, 0.5) is 21.9 Å². The van der Waals surface area contributed by atoms with Gasteiger partial charge in [0.1, 0.15) is 4.21 Å². The summed E-state index contributed by atoms with van der Waals surface area (Å²) in [6.45, 7) is 4.00. The molecule has 4 rings (SSSR count). The number of hydrogen-bond donors (Lipinski definition) is 3. The number of H-pyrrole nitrogens is 1. The normalized spacial score (nSPS) is 11.1. The molecule has 2 heterocycles. The Bertz CT molecular complexity index is 1140. The molecule has 0 bridgehead atoms. The number of carbonyl (C=O) groups is 1. The zero-order valence-electron chi connectivity index (χ0n) is 18.0. The molecule has 2 amide bonds. The number of carbonyl (C=O) groups excluding carboxylic acids is 1. The Morgan fingerprint density at radius 3 is 2.25 bits per heavy atom. The standard InChI is InChI=1S/C21H19N5O2S2.C2H6/c1-26(30(28)20-12-11-19(29-20)15-13-22-23-14-15)18-9-7-17(8-10-18)25-21(27)24-16-5-3-2-4-6-16;1-2/h2-14H,1H3,(H,22,23)(H2,24,25,27);1-2H3. The van der Waals surface area contributed by atoms with E-state index in [1.54, 1.807) is 29.7 Å². The Balaban J connectivity index is 0.00000141. The maximum absolute atomic E-state index is 12.9. The van der Waals surface area contributed by atoms with Gasteiger partial charge in [-0.2, -0.15) is 5.10 Å². The summed E-state index contributed by atoms with van der Waals surface area (Å²) in [6, 6.07) is 19.9. The molecule has 7 nitrogen and oxygen atoms in total. The van der Waals surface area contributed by atoms with E-state index in [0.717, 1.165) is 20.3 Å². The van der Waals surface area contributed by atoms with Crippen LogP contribution >= 0.6 is 11.3 Å².